The first kappa shape index (κ1) is 12.6. The van der Waals surface area contributed by atoms with Crippen LogP contribution in [0.3, 0.4) is 0 Å². The summed E-state index contributed by atoms with van der Waals surface area (Å²) >= 11 is 3.12. The molecule has 16 heavy (non-hydrogen) atoms. The molecule has 6 heteroatoms. The van der Waals surface area contributed by atoms with Gasteiger partial charge in [0.2, 0.25) is 6.41 Å². The molecule has 1 aromatic rings. The smallest absolute Gasteiger partial charge is 0.305 e. The topological polar surface area (TPSA) is 66.4 Å². The van der Waals surface area contributed by atoms with E-state index in [1.807, 2.05) is 0 Å². The Morgan fingerprint density at radius 2 is 2.31 bits per heavy atom. The lowest BCUT2D eigenvalue weighted by Gasteiger charge is -2.15. The maximum Gasteiger partial charge on any atom is 0.305 e. The third kappa shape index (κ3) is 3.30. The first-order valence-corrected chi connectivity index (χ1v) is 5.20. The van der Waals surface area contributed by atoms with Crippen LogP contribution in [0.2, 0.25) is 0 Å². The maximum absolute atomic E-state index is 12.8. The molecular weight excluding hydrogens is 281 g/mol. The van der Waals surface area contributed by atoms with Gasteiger partial charge in [0.05, 0.1) is 12.5 Å². The minimum Gasteiger partial charge on any atom is -0.481 e. The van der Waals surface area contributed by atoms with Crippen LogP contribution in [0.4, 0.5) is 4.39 Å². The highest BCUT2D eigenvalue weighted by Crippen LogP contribution is 2.26. The van der Waals surface area contributed by atoms with Gasteiger partial charge in [-0.15, -0.1) is 0 Å². The van der Waals surface area contributed by atoms with Gasteiger partial charge in [-0.25, -0.2) is 4.39 Å². The van der Waals surface area contributed by atoms with Gasteiger partial charge in [-0.05, 0) is 17.7 Å². The molecule has 0 aromatic heterocycles. The summed E-state index contributed by atoms with van der Waals surface area (Å²) in [5.41, 5.74) is 0.524. The number of carboxylic acids is 1. The van der Waals surface area contributed by atoms with Crippen LogP contribution in [-0.4, -0.2) is 17.5 Å². The van der Waals surface area contributed by atoms with E-state index in [-0.39, 0.29) is 6.42 Å². The normalized spacial score (nSPS) is 11.9. The van der Waals surface area contributed by atoms with Crippen LogP contribution >= 0.6 is 15.9 Å². The summed E-state index contributed by atoms with van der Waals surface area (Å²) in [7, 11) is 0. The second kappa shape index (κ2) is 5.60. The summed E-state index contributed by atoms with van der Waals surface area (Å²) in [5, 5.41) is 11.0. The number of halogens is 2. The van der Waals surface area contributed by atoms with Gasteiger partial charge in [-0.1, -0.05) is 22.0 Å². The monoisotopic (exact) mass is 289 g/mol. The van der Waals surface area contributed by atoms with Crippen molar-refractivity contribution in [1.82, 2.24) is 5.32 Å². The summed E-state index contributed by atoms with van der Waals surface area (Å²) in [6, 6.07) is 3.19. The van der Waals surface area contributed by atoms with Crippen LogP contribution in [0.5, 0.6) is 0 Å². The van der Waals surface area contributed by atoms with Crippen molar-refractivity contribution in [3.8, 4) is 0 Å². The van der Waals surface area contributed by atoms with Gasteiger partial charge in [-0.3, -0.25) is 9.59 Å². The molecule has 0 saturated carbocycles. The van der Waals surface area contributed by atoms with Gasteiger partial charge < -0.3 is 10.4 Å². The van der Waals surface area contributed by atoms with E-state index >= 15 is 0 Å². The number of carbonyl (C=O) groups is 2. The number of aliphatic carboxylic acids is 1. The van der Waals surface area contributed by atoms with Gasteiger partial charge in [0.25, 0.3) is 0 Å². The van der Waals surface area contributed by atoms with Gasteiger partial charge in [0.15, 0.2) is 0 Å². The zero-order valence-electron chi connectivity index (χ0n) is 8.11. The average Bonchev–Trinajstić information content (AvgIpc) is 2.16. The van der Waals surface area contributed by atoms with Crippen LogP contribution in [-0.2, 0) is 9.59 Å². The zero-order valence-corrected chi connectivity index (χ0v) is 9.70. The molecule has 86 valence electrons. The summed E-state index contributed by atoms with van der Waals surface area (Å²) < 4.78 is 13.2. The Morgan fingerprint density at radius 1 is 1.62 bits per heavy atom. The molecule has 0 saturated heterocycles. The van der Waals surface area contributed by atoms with E-state index in [1.165, 1.54) is 18.2 Å². The standard InChI is InChI=1S/C10H9BrFNO3/c11-8-3-6(12)1-2-7(8)9(13-5-14)4-10(15)16/h1-3,5,9H,4H2,(H,13,14)(H,15,16). The second-order valence-electron chi connectivity index (χ2n) is 3.10. The summed E-state index contributed by atoms with van der Waals surface area (Å²) in [5.74, 6) is -1.48. The van der Waals surface area contributed by atoms with Gasteiger partial charge >= 0.3 is 5.97 Å². The van der Waals surface area contributed by atoms with Crippen molar-refractivity contribution in [3.63, 3.8) is 0 Å². The van der Waals surface area contributed by atoms with E-state index in [0.717, 1.165) is 0 Å². The van der Waals surface area contributed by atoms with Gasteiger partial charge in [-0.2, -0.15) is 0 Å². The van der Waals surface area contributed by atoms with Crippen molar-refractivity contribution in [2.75, 3.05) is 0 Å². The van der Waals surface area contributed by atoms with Gasteiger partial charge in [0, 0.05) is 4.47 Å². The predicted octanol–water partition coefficient (Wildman–Crippen LogP) is 1.85. The first-order chi connectivity index (χ1) is 7.54. The number of carbonyl (C=O) groups excluding carboxylic acids is 1. The van der Waals surface area contributed by atoms with E-state index < -0.39 is 17.8 Å². The highest BCUT2D eigenvalue weighted by atomic mass is 79.9. The molecule has 1 unspecified atom stereocenters. The Labute approximate surface area is 99.6 Å². The third-order valence-corrected chi connectivity index (χ3v) is 2.67. The Morgan fingerprint density at radius 3 is 2.81 bits per heavy atom. The van der Waals surface area contributed by atoms with Crippen molar-refractivity contribution in [1.29, 1.82) is 0 Å². The van der Waals surface area contributed by atoms with E-state index in [4.69, 9.17) is 5.11 Å². The van der Waals surface area contributed by atoms with Gasteiger partial charge in [0.1, 0.15) is 5.82 Å². The molecular formula is C10H9BrFNO3. The lowest BCUT2D eigenvalue weighted by atomic mass is 10.0. The number of hydrogen-bond donors (Lipinski definition) is 2. The molecule has 0 aliphatic heterocycles. The molecule has 0 aliphatic carbocycles. The Kier molecular flexibility index (Phi) is 4.42. The molecule has 1 atom stereocenters. The van der Waals surface area contributed by atoms with Crippen LogP contribution in [0, 0.1) is 5.82 Å². The van der Waals surface area contributed by atoms with E-state index in [2.05, 4.69) is 21.2 Å². The summed E-state index contributed by atoms with van der Waals surface area (Å²) in [6.07, 6.45) is 0.159. The molecule has 0 bridgehead atoms. The number of amides is 1. The lowest BCUT2D eigenvalue weighted by Crippen LogP contribution is -2.22. The minimum atomic E-state index is -1.05. The third-order valence-electron chi connectivity index (χ3n) is 1.99. The second-order valence-corrected chi connectivity index (χ2v) is 3.96. The minimum absolute atomic E-state index is 0.261. The molecule has 0 heterocycles. The maximum atomic E-state index is 12.8. The number of benzene rings is 1. The molecule has 0 aliphatic rings. The lowest BCUT2D eigenvalue weighted by molar-refractivity contribution is -0.137. The van der Waals surface area contributed by atoms with E-state index in [0.29, 0.717) is 16.4 Å². The zero-order chi connectivity index (χ0) is 12.1. The van der Waals surface area contributed by atoms with E-state index in [1.54, 1.807) is 0 Å². The van der Waals surface area contributed by atoms with Crippen molar-refractivity contribution in [3.05, 3.63) is 34.1 Å². The fourth-order valence-corrected chi connectivity index (χ4v) is 1.93. The molecule has 1 aromatic carbocycles. The first-order valence-electron chi connectivity index (χ1n) is 4.41. The fraction of sp³-hybridized carbons (Fsp3) is 0.200. The van der Waals surface area contributed by atoms with E-state index in [9.17, 15) is 14.0 Å². The predicted molar refractivity (Wildman–Crippen MR) is 58.3 cm³/mol. The Balaban J connectivity index is 3.00. The van der Waals surface area contributed by atoms with Crippen molar-refractivity contribution in [2.45, 2.75) is 12.5 Å². The van der Waals surface area contributed by atoms with Crippen LogP contribution in [0.1, 0.15) is 18.0 Å². The largest absolute Gasteiger partial charge is 0.481 e. The number of nitrogens with one attached hydrogen (secondary N) is 1. The van der Waals surface area contributed by atoms with Crippen LogP contribution in [0.15, 0.2) is 22.7 Å². The molecule has 1 amide bonds. The quantitative estimate of drug-likeness (QED) is 0.813. The number of hydrogen-bond acceptors (Lipinski definition) is 2. The van der Waals surface area contributed by atoms with Crippen molar-refractivity contribution < 1.29 is 19.1 Å². The molecule has 1 rings (SSSR count). The SMILES string of the molecule is O=CNC(CC(=O)O)c1ccc(F)cc1Br. The molecule has 0 fully saturated rings. The van der Waals surface area contributed by atoms with Crippen LogP contribution < -0.4 is 5.32 Å². The number of carboxylic acid groups (broad SMARTS) is 1. The Hall–Kier alpha value is -1.43. The fourth-order valence-electron chi connectivity index (χ4n) is 1.30. The number of rotatable bonds is 5. The van der Waals surface area contributed by atoms with Crippen molar-refractivity contribution in [2.24, 2.45) is 0 Å². The highest BCUT2D eigenvalue weighted by molar-refractivity contribution is 9.10. The molecule has 4 nitrogen and oxygen atoms in total. The average molecular weight is 290 g/mol. The molecule has 2 N–H and O–H groups in total. The Bertz CT molecular complexity index is 411. The molecule has 0 radical (unpaired) electrons. The molecule has 0 spiro atoms. The highest BCUT2D eigenvalue weighted by Gasteiger charge is 2.17. The summed E-state index contributed by atoms with van der Waals surface area (Å²) in [6.45, 7) is 0. The van der Waals surface area contributed by atoms with Crippen LogP contribution in [0.25, 0.3) is 0 Å². The van der Waals surface area contributed by atoms with Crippen molar-refractivity contribution >= 4 is 28.3 Å². The summed E-state index contributed by atoms with van der Waals surface area (Å²) in [4.78, 5) is 20.9.